The molecular weight excluding hydrogens is 415 g/mol. The number of fused-ring (bicyclic) bond motifs is 1. The first-order valence-electron chi connectivity index (χ1n) is 9.43. The maximum absolute atomic E-state index is 14.5. The molecule has 1 aliphatic carbocycles. The molecule has 0 saturated heterocycles. The maximum atomic E-state index is 14.5. The summed E-state index contributed by atoms with van der Waals surface area (Å²) in [6.45, 7) is 0. The van der Waals surface area contributed by atoms with E-state index < -0.39 is 28.9 Å². The van der Waals surface area contributed by atoms with E-state index in [-0.39, 0.29) is 22.4 Å². The predicted octanol–water partition coefficient (Wildman–Crippen LogP) is 5.37. The van der Waals surface area contributed by atoms with Crippen molar-refractivity contribution in [1.82, 2.24) is 4.98 Å². The summed E-state index contributed by atoms with van der Waals surface area (Å²) in [6, 6.07) is 7.32. The Morgan fingerprint density at radius 3 is 2.19 bits per heavy atom. The van der Waals surface area contributed by atoms with Gasteiger partial charge in [0.1, 0.15) is 11.6 Å². The van der Waals surface area contributed by atoms with Gasteiger partial charge in [0.25, 0.3) is 0 Å². The van der Waals surface area contributed by atoms with Gasteiger partial charge in [-0.05, 0) is 48.4 Å². The molecule has 1 saturated carbocycles. The quantitative estimate of drug-likeness (QED) is 0.332. The van der Waals surface area contributed by atoms with Crippen LogP contribution in [0.3, 0.4) is 0 Å². The number of halogens is 5. The fourth-order valence-electron chi connectivity index (χ4n) is 3.61. The van der Waals surface area contributed by atoms with Crippen molar-refractivity contribution >= 4 is 22.4 Å². The first-order chi connectivity index (χ1) is 14.7. The normalized spacial score (nSPS) is 13.8. The first-order valence-corrected chi connectivity index (χ1v) is 9.43. The van der Waals surface area contributed by atoms with E-state index in [4.69, 9.17) is 11.5 Å². The summed E-state index contributed by atoms with van der Waals surface area (Å²) in [4.78, 5) is 7.95. The zero-order valence-electron chi connectivity index (χ0n) is 16.1. The average Bonchev–Trinajstić information content (AvgIpc) is 2.64. The van der Waals surface area contributed by atoms with Gasteiger partial charge in [-0.1, -0.05) is 18.2 Å². The monoisotopic (exact) mass is 432 g/mol. The molecule has 0 radical (unpaired) electrons. The third-order valence-corrected chi connectivity index (χ3v) is 5.20. The zero-order valence-corrected chi connectivity index (χ0v) is 16.1. The van der Waals surface area contributed by atoms with Gasteiger partial charge in [-0.25, -0.2) is 13.8 Å². The summed E-state index contributed by atoms with van der Waals surface area (Å²) in [5.74, 6) is -2.06. The van der Waals surface area contributed by atoms with Gasteiger partial charge in [0, 0.05) is 17.1 Å². The fraction of sp³-hybridized carbons (Fsp3) is 0.182. The van der Waals surface area contributed by atoms with Gasteiger partial charge in [0.05, 0.1) is 22.5 Å². The maximum Gasteiger partial charge on any atom is 0.418 e. The van der Waals surface area contributed by atoms with Crippen molar-refractivity contribution in [3.05, 3.63) is 70.9 Å². The molecule has 1 aliphatic rings. The van der Waals surface area contributed by atoms with Gasteiger partial charge < -0.3 is 11.5 Å². The fourth-order valence-corrected chi connectivity index (χ4v) is 3.61. The van der Waals surface area contributed by atoms with Gasteiger partial charge in [-0.15, -0.1) is 0 Å². The van der Waals surface area contributed by atoms with Crippen molar-refractivity contribution in [1.29, 1.82) is 0 Å². The second-order valence-corrected chi connectivity index (χ2v) is 7.22. The molecule has 4 N–H and O–H groups in total. The largest absolute Gasteiger partial charge is 0.418 e. The lowest BCUT2D eigenvalue weighted by Gasteiger charge is -2.21. The topological polar surface area (TPSA) is 77.3 Å². The minimum Gasteiger partial charge on any atom is -0.370 e. The molecule has 2 aromatic carbocycles. The Bertz CT molecular complexity index is 1210. The molecule has 31 heavy (non-hydrogen) atoms. The van der Waals surface area contributed by atoms with Crippen molar-refractivity contribution in [3.63, 3.8) is 0 Å². The highest BCUT2D eigenvalue weighted by Crippen LogP contribution is 2.41. The van der Waals surface area contributed by atoms with Gasteiger partial charge in [0.15, 0.2) is 5.96 Å². The Morgan fingerprint density at radius 1 is 0.968 bits per heavy atom. The molecule has 0 unspecified atom stereocenters. The van der Waals surface area contributed by atoms with E-state index in [1.54, 1.807) is 0 Å². The number of rotatable bonds is 3. The van der Waals surface area contributed by atoms with Gasteiger partial charge in [-0.2, -0.15) is 13.2 Å². The van der Waals surface area contributed by atoms with E-state index >= 15 is 0 Å². The molecule has 0 bridgehead atoms. The second-order valence-electron chi connectivity index (χ2n) is 7.22. The highest BCUT2D eigenvalue weighted by molar-refractivity contribution is 5.99. The van der Waals surface area contributed by atoms with Crippen LogP contribution < -0.4 is 11.5 Å². The Morgan fingerprint density at radius 2 is 1.65 bits per heavy atom. The summed E-state index contributed by atoms with van der Waals surface area (Å²) in [5.41, 5.74) is 11.2. The van der Waals surface area contributed by atoms with E-state index in [2.05, 4.69) is 9.98 Å². The number of hydrogen-bond donors (Lipinski definition) is 2. The number of hydrogen-bond acceptors (Lipinski definition) is 2. The molecule has 9 heteroatoms. The summed E-state index contributed by atoms with van der Waals surface area (Å²) in [5, 5.41) is -0.286. The first kappa shape index (κ1) is 20.8. The van der Waals surface area contributed by atoms with Crippen LogP contribution in [0.15, 0.2) is 53.2 Å². The molecule has 160 valence electrons. The van der Waals surface area contributed by atoms with Crippen LogP contribution >= 0.6 is 0 Å². The number of benzene rings is 2. The van der Waals surface area contributed by atoms with Crippen molar-refractivity contribution in [3.8, 4) is 11.3 Å². The number of nitrogens with zero attached hydrogens (tertiary/aromatic N) is 2. The molecule has 4 nitrogen and oxygen atoms in total. The lowest BCUT2D eigenvalue weighted by atomic mass is 9.87. The standard InChI is InChI=1S/C22H17F5N4/c23-16-5-2-6-17(24)18(16)20-14-9-12(19(31-21(28)29)11-3-1-4-11)7-8-13(14)15(10-30-20)22(25,26)27/h2,5-10H,1,3-4H2,(H4,28,29,31). The summed E-state index contributed by atoms with van der Waals surface area (Å²) in [7, 11) is 0. The minimum absolute atomic E-state index is 0.0560. The lowest BCUT2D eigenvalue weighted by molar-refractivity contribution is -0.136. The van der Waals surface area contributed by atoms with Crippen molar-refractivity contribution in [2.24, 2.45) is 16.5 Å². The van der Waals surface area contributed by atoms with Crippen LogP contribution in [0.5, 0.6) is 0 Å². The minimum atomic E-state index is -4.70. The molecule has 1 heterocycles. The summed E-state index contributed by atoms with van der Waals surface area (Å²) in [6.07, 6.45) is -1.67. The number of pyridine rings is 1. The number of guanidine groups is 1. The van der Waals surface area contributed by atoms with E-state index in [1.807, 2.05) is 0 Å². The van der Waals surface area contributed by atoms with Crippen LogP contribution in [0.2, 0.25) is 0 Å². The third-order valence-electron chi connectivity index (χ3n) is 5.20. The number of allylic oxidation sites excluding steroid dienone is 1. The predicted molar refractivity (Wildman–Crippen MR) is 109 cm³/mol. The van der Waals surface area contributed by atoms with Crippen LogP contribution in [-0.2, 0) is 6.18 Å². The molecule has 1 fully saturated rings. The van der Waals surface area contributed by atoms with Crippen LogP contribution in [0.1, 0.15) is 30.4 Å². The molecule has 0 aliphatic heterocycles. The third kappa shape index (κ3) is 3.83. The Balaban J connectivity index is 2.06. The molecule has 0 spiro atoms. The molecule has 0 atom stereocenters. The van der Waals surface area contributed by atoms with Crippen LogP contribution in [0, 0.1) is 11.6 Å². The lowest BCUT2D eigenvalue weighted by Crippen LogP contribution is -2.23. The Labute approximate surface area is 174 Å². The second kappa shape index (κ2) is 7.64. The molecule has 0 amide bonds. The van der Waals surface area contributed by atoms with Crippen molar-refractivity contribution < 1.29 is 22.0 Å². The van der Waals surface area contributed by atoms with E-state index in [1.165, 1.54) is 24.3 Å². The van der Waals surface area contributed by atoms with Gasteiger partial charge in [-0.3, -0.25) is 4.98 Å². The number of alkyl halides is 3. The van der Waals surface area contributed by atoms with Gasteiger partial charge >= 0.3 is 6.18 Å². The number of nitrogens with two attached hydrogens (primary N) is 2. The summed E-state index contributed by atoms with van der Waals surface area (Å²) < 4.78 is 69.7. The van der Waals surface area contributed by atoms with Crippen LogP contribution in [0.4, 0.5) is 22.0 Å². The smallest absolute Gasteiger partial charge is 0.370 e. The van der Waals surface area contributed by atoms with E-state index in [0.717, 1.165) is 37.0 Å². The van der Waals surface area contributed by atoms with Crippen molar-refractivity contribution in [2.45, 2.75) is 25.4 Å². The summed E-state index contributed by atoms with van der Waals surface area (Å²) >= 11 is 0. The van der Waals surface area contributed by atoms with Crippen molar-refractivity contribution in [2.75, 3.05) is 0 Å². The van der Waals surface area contributed by atoms with Crippen LogP contribution in [0.25, 0.3) is 27.7 Å². The Kier molecular flexibility index (Phi) is 5.12. The zero-order chi connectivity index (χ0) is 22.3. The SMILES string of the molecule is NC(N)=NC(=C1CCC1)c1ccc2c(C(F)(F)F)cnc(-c3c(F)cccc3F)c2c1. The molecular formula is C22H17F5N4. The molecule has 3 aromatic rings. The average molecular weight is 432 g/mol. The number of aliphatic imine (C=N–C) groups is 1. The van der Waals surface area contributed by atoms with Gasteiger partial charge in [0.2, 0.25) is 0 Å². The highest BCUT2D eigenvalue weighted by Gasteiger charge is 2.34. The van der Waals surface area contributed by atoms with E-state index in [0.29, 0.717) is 17.5 Å². The number of aromatic nitrogens is 1. The van der Waals surface area contributed by atoms with E-state index in [9.17, 15) is 22.0 Å². The molecule has 1 aromatic heterocycles. The highest BCUT2D eigenvalue weighted by atomic mass is 19.4. The van der Waals surface area contributed by atoms with Crippen LogP contribution in [-0.4, -0.2) is 10.9 Å². The molecule has 4 rings (SSSR count). The Hall–Kier alpha value is -3.49.